The Morgan fingerprint density at radius 2 is 1.86 bits per heavy atom. The van der Waals surface area contributed by atoms with E-state index in [1.54, 1.807) is 6.07 Å². The zero-order valence-electron chi connectivity index (χ0n) is 15.8. The highest BCUT2D eigenvalue weighted by atomic mass is 16.5. The summed E-state index contributed by atoms with van der Waals surface area (Å²) in [5.41, 5.74) is 3.42. The number of nitrogens with zero attached hydrogens (tertiary/aromatic N) is 1. The molecule has 1 amide bonds. The van der Waals surface area contributed by atoms with Crippen LogP contribution in [0.15, 0.2) is 69.6 Å². The van der Waals surface area contributed by atoms with Crippen LogP contribution in [-0.2, 0) is 17.6 Å². The summed E-state index contributed by atoms with van der Waals surface area (Å²) in [6.45, 7) is 2.18. The number of unbranched alkanes of at least 4 members (excludes halogenated alkanes) is 1. The summed E-state index contributed by atoms with van der Waals surface area (Å²) in [5, 5.41) is 7.89. The molecule has 0 aliphatic heterocycles. The first-order chi connectivity index (χ1) is 13.7. The van der Waals surface area contributed by atoms with Crippen LogP contribution in [0.5, 0.6) is 0 Å². The minimum absolute atomic E-state index is 0.134. The van der Waals surface area contributed by atoms with E-state index in [9.17, 15) is 4.79 Å². The summed E-state index contributed by atoms with van der Waals surface area (Å²) in [4.78, 5) is 12.3. The average Bonchev–Trinajstić information content (AvgIpc) is 3.34. The van der Waals surface area contributed by atoms with Crippen molar-refractivity contribution in [1.29, 1.82) is 0 Å². The van der Waals surface area contributed by atoms with Gasteiger partial charge in [0.15, 0.2) is 5.76 Å². The van der Waals surface area contributed by atoms with Gasteiger partial charge in [0.25, 0.3) is 0 Å². The fourth-order valence-electron chi connectivity index (χ4n) is 3.12. The molecule has 0 saturated carbocycles. The molecule has 142 valence electrons. The zero-order chi connectivity index (χ0) is 19.3. The van der Waals surface area contributed by atoms with E-state index >= 15 is 0 Å². The van der Waals surface area contributed by atoms with Gasteiger partial charge in [-0.2, -0.15) is 0 Å². The van der Waals surface area contributed by atoms with Gasteiger partial charge in [0, 0.05) is 17.1 Å². The highest BCUT2D eigenvalue weighted by Gasteiger charge is 2.14. The van der Waals surface area contributed by atoms with Gasteiger partial charge in [-0.25, -0.2) is 0 Å². The molecule has 0 saturated heterocycles. The Balaban J connectivity index is 1.38. The summed E-state index contributed by atoms with van der Waals surface area (Å²) >= 11 is 0. The van der Waals surface area contributed by atoms with Crippen molar-refractivity contribution in [1.82, 2.24) is 5.16 Å². The molecule has 0 bridgehead atoms. The molecule has 2 heterocycles. The Kier molecular flexibility index (Phi) is 5.24. The van der Waals surface area contributed by atoms with Gasteiger partial charge < -0.3 is 14.3 Å². The number of benzene rings is 2. The van der Waals surface area contributed by atoms with Gasteiger partial charge in [0.2, 0.25) is 11.7 Å². The van der Waals surface area contributed by atoms with E-state index in [0.29, 0.717) is 17.2 Å². The fourth-order valence-corrected chi connectivity index (χ4v) is 3.12. The third kappa shape index (κ3) is 4.14. The van der Waals surface area contributed by atoms with Gasteiger partial charge in [0.1, 0.15) is 5.58 Å². The molecule has 0 aliphatic carbocycles. The molecule has 0 atom stereocenters. The number of hydrogen-bond donors (Lipinski definition) is 1. The number of furan rings is 1. The monoisotopic (exact) mass is 374 g/mol. The quantitative estimate of drug-likeness (QED) is 0.456. The Morgan fingerprint density at radius 1 is 1.04 bits per heavy atom. The molecule has 2 aromatic carbocycles. The number of carbonyl (C=O) groups is 1. The zero-order valence-corrected chi connectivity index (χ0v) is 15.8. The van der Waals surface area contributed by atoms with Crippen LogP contribution in [0.1, 0.15) is 31.0 Å². The van der Waals surface area contributed by atoms with Gasteiger partial charge >= 0.3 is 0 Å². The topological polar surface area (TPSA) is 68.3 Å². The van der Waals surface area contributed by atoms with E-state index in [1.807, 2.05) is 42.5 Å². The predicted molar refractivity (Wildman–Crippen MR) is 109 cm³/mol. The molecular weight excluding hydrogens is 352 g/mol. The van der Waals surface area contributed by atoms with Crippen molar-refractivity contribution < 1.29 is 13.7 Å². The third-order valence-electron chi connectivity index (χ3n) is 4.63. The second-order valence-corrected chi connectivity index (χ2v) is 6.86. The molecule has 1 N–H and O–H groups in total. The van der Waals surface area contributed by atoms with E-state index in [4.69, 9.17) is 8.94 Å². The molecule has 5 heteroatoms. The molecule has 0 fully saturated rings. The van der Waals surface area contributed by atoms with Crippen LogP contribution in [0.3, 0.4) is 0 Å². The summed E-state index contributed by atoms with van der Waals surface area (Å²) in [5.74, 6) is 0.980. The lowest BCUT2D eigenvalue weighted by Crippen LogP contribution is -2.14. The van der Waals surface area contributed by atoms with Crippen LogP contribution >= 0.6 is 0 Å². The second kappa shape index (κ2) is 8.13. The third-order valence-corrected chi connectivity index (χ3v) is 4.63. The number of aromatic nitrogens is 1. The van der Waals surface area contributed by atoms with Crippen molar-refractivity contribution in [3.05, 3.63) is 71.9 Å². The SMILES string of the molecule is CCCCc1ccc(NC(=O)Cc2cc(-c3cc4ccccc4o3)on2)cc1. The average molecular weight is 374 g/mol. The summed E-state index contributed by atoms with van der Waals surface area (Å²) in [6, 6.07) is 19.4. The maximum atomic E-state index is 12.3. The first kappa shape index (κ1) is 18.0. The number of hydrogen-bond acceptors (Lipinski definition) is 4. The summed E-state index contributed by atoms with van der Waals surface area (Å²) in [6.07, 6.45) is 3.55. The highest BCUT2D eigenvalue weighted by molar-refractivity contribution is 5.92. The number of carbonyl (C=O) groups excluding carboxylic acids is 1. The largest absolute Gasteiger partial charge is 0.453 e. The molecule has 4 rings (SSSR count). The van der Waals surface area contributed by atoms with Crippen LogP contribution in [-0.4, -0.2) is 11.1 Å². The van der Waals surface area contributed by atoms with Crippen LogP contribution in [0, 0.1) is 0 Å². The molecule has 0 spiro atoms. The Morgan fingerprint density at radius 3 is 2.64 bits per heavy atom. The van der Waals surface area contributed by atoms with E-state index in [0.717, 1.165) is 23.1 Å². The maximum absolute atomic E-state index is 12.3. The van der Waals surface area contributed by atoms with Crippen molar-refractivity contribution >= 4 is 22.6 Å². The molecular formula is C23H22N2O3. The predicted octanol–water partition coefficient (Wildman–Crippen LogP) is 5.61. The van der Waals surface area contributed by atoms with Crippen LogP contribution in [0.4, 0.5) is 5.69 Å². The minimum atomic E-state index is -0.134. The highest BCUT2D eigenvalue weighted by Crippen LogP contribution is 2.28. The first-order valence-electron chi connectivity index (χ1n) is 9.54. The summed E-state index contributed by atoms with van der Waals surface area (Å²) < 4.78 is 11.1. The number of para-hydroxylation sites is 1. The second-order valence-electron chi connectivity index (χ2n) is 6.86. The lowest BCUT2D eigenvalue weighted by molar-refractivity contribution is -0.115. The first-order valence-corrected chi connectivity index (χ1v) is 9.54. The van der Waals surface area contributed by atoms with E-state index in [1.165, 1.54) is 18.4 Å². The van der Waals surface area contributed by atoms with Crippen LogP contribution < -0.4 is 5.32 Å². The Labute approximate surface area is 163 Å². The summed E-state index contributed by atoms with van der Waals surface area (Å²) in [7, 11) is 0. The van der Waals surface area contributed by atoms with Crippen molar-refractivity contribution in [2.75, 3.05) is 5.32 Å². The number of amides is 1. The van der Waals surface area contributed by atoms with Gasteiger partial charge in [-0.1, -0.05) is 48.8 Å². The normalized spacial score (nSPS) is 11.0. The lowest BCUT2D eigenvalue weighted by atomic mass is 10.1. The maximum Gasteiger partial charge on any atom is 0.230 e. The standard InChI is InChI=1S/C23H22N2O3/c1-2-3-6-16-9-11-18(12-10-16)24-23(26)15-19-14-22(28-25-19)21-13-17-7-4-5-8-20(17)27-21/h4-5,7-14H,2-3,6,15H2,1H3,(H,24,26). The van der Waals surface area contributed by atoms with Crippen molar-refractivity contribution in [3.8, 4) is 11.5 Å². The molecule has 0 radical (unpaired) electrons. The van der Waals surface area contributed by atoms with E-state index < -0.39 is 0 Å². The number of rotatable bonds is 7. The van der Waals surface area contributed by atoms with E-state index in [2.05, 4.69) is 29.5 Å². The minimum Gasteiger partial charge on any atom is -0.453 e. The fraction of sp³-hybridized carbons (Fsp3) is 0.217. The number of nitrogens with one attached hydrogen (secondary N) is 1. The molecule has 28 heavy (non-hydrogen) atoms. The van der Waals surface area contributed by atoms with Gasteiger partial charge in [0.05, 0.1) is 12.1 Å². The number of anilines is 1. The smallest absolute Gasteiger partial charge is 0.230 e. The Bertz CT molecular complexity index is 1040. The van der Waals surface area contributed by atoms with Crippen molar-refractivity contribution in [3.63, 3.8) is 0 Å². The van der Waals surface area contributed by atoms with Gasteiger partial charge in [-0.05, 0) is 42.7 Å². The molecule has 5 nitrogen and oxygen atoms in total. The van der Waals surface area contributed by atoms with Crippen LogP contribution in [0.2, 0.25) is 0 Å². The van der Waals surface area contributed by atoms with Gasteiger partial charge in [-0.15, -0.1) is 0 Å². The molecule has 0 aliphatic rings. The number of aryl methyl sites for hydroxylation is 1. The molecule has 2 aromatic heterocycles. The number of fused-ring (bicyclic) bond motifs is 1. The van der Waals surface area contributed by atoms with Crippen molar-refractivity contribution in [2.24, 2.45) is 0 Å². The Hall–Kier alpha value is -3.34. The lowest BCUT2D eigenvalue weighted by Gasteiger charge is -2.05. The van der Waals surface area contributed by atoms with E-state index in [-0.39, 0.29) is 12.3 Å². The van der Waals surface area contributed by atoms with Crippen LogP contribution in [0.25, 0.3) is 22.5 Å². The van der Waals surface area contributed by atoms with Gasteiger partial charge in [-0.3, -0.25) is 4.79 Å². The molecule has 4 aromatic rings. The molecule has 0 unspecified atom stereocenters. The van der Waals surface area contributed by atoms with Crippen molar-refractivity contribution in [2.45, 2.75) is 32.6 Å².